The van der Waals surface area contributed by atoms with Gasteiger partial charge in [-0.05, 0) is 66.8 Å². The van der Waals surface area contributed by atoms with Crippen molar-refractivity contribution in [2.24, 2.45) is 5.10 Å². The molecule has 1 aromatic rings. The molecule has 0 N–H and O–H groups in total. The molecule has 2 aliphatic rings. The van der Waals surface area contributed by atoms with E-state index in [2.05, 4.69) is 28.8 Å². The van der Waals surface area contributed by atoms with Gasteiger partial charge in [0.2, 0.25) is 0 Å². The molecule has 0 amide bonds. The molecule has 0 fully saturated rings. The van der Waals surface area contributed by atoms with Gasteiger partial charge in [-0.15, -0.1) is 0 Å². The average Bonchev–Trinajstić information content (AvgIpc) is 2.92. The van der Waals surface area contributed by atoms with Gasteiger partial charge in [0.25, 0.3) is 0 Å². The van der Waals surface area contributed by atoms with E-state index >= 15 is 0 Å². The van der Waals surface area contributed by atoms with Gasteiger partial charge >= 0.3 is 0 Å². The second-order valence-corrected chi connectivity index (χ2v) is 7.74. The summed E-state index contributed by atoms with van der Waals surface area (Å²) in [5.74, 6) is 0.0927. The summed E-state index contributed by atoms with van der Waals surface area (Å²) in [4.78, 5) is 12.6. The first-order valence-corrected chi connectivity index (χ1v) is 8.58. The lowest BCUT2D eigenvalue weighted by Gasteiger charge is -2.17. The molecule has 1 unspecified atom stereocenters. The van der Waals surface area contributed by atoms with Gasteiger partial charge in [0.15, 0.2) is 5.78 Å². The monoisotopic (exact) mass is 290 g/mol. The van der Waals surface area contributed by atoms with E-state index in [1.165, 1.54) is 10.4 Å². The number of rotatable bonds is 2. The highest BCUT2D eigenvalue weighted by molar-refractivity contribution is 8.86. The molecule has 3 rings (SSSR count). The smallest absolute Gasteiger partial charge is 0.159 e. The summed E-state index contributed by atoms with van der Waals surface area (Å²) in [6.45, 7) is 5.78. The topological polar surface area (TPSA) is 32.7 Å². The predicted octanol–water partition coefficient (Wildman–Crippen LogP) is 4.01. The summed E-state index contributed by atoms with van der Waals surface area (Å²) in [5.41, 5.74) is 4.19. The molecule has 0 saturated carbocycles. The Labute approximate surface area is 118 Å². The molecule has 3 nitrogen and oxygen atoms in total. The summed E-state index contributed by atoms with van der Waals surface area (Å²) in [6, 6.07) is 7.67. The Kier molecular flexibility index (Phi) is 3.11. The van der Waals surface area contributed by atoms with Crippen LogP contribution < -0.4 is 4.41 Å². The Balaban J connectivity index is 1.97. The Bertz CT molecular complexity index is 657. The summed E-state index contributed by atoms with van der Waals surface area (Å²) in [7, 11) is 1.76. The standard InChI is InChI=1S/C14H14N2OS2/c1-9-8-18-19-14(9)10(2)15-16(19)13-6-4-12(5-7-13)11(3)17/h4-8H,1-3H3. The maximum absolute atomic E-state index is 11.3. The van der Waals surface area contributed by atoms with E-state index in [0.29, 0.717) is 0 Å². The van der Waals surface area contributed by atoms with Crippen molar-refractivity contribution >= 4 is 42.5 Å². The molecule has 1 atom stereocenters. The van der Waals surface area contributed by atoms with E-state index in [0.717, 1.165) is 17.0 Å². The number of nitrogens with zero attached hydrogens (tertiary/aromatic N) is 2. The average molecular weight is 290 g/mol. The maximum atomic E-state index is 11.3. The lowest BCUT2D eigenvalue weighted by molar-refractivity contribution is 0.101. The zero-order valence-electron chi connectivity index (χ0n) is 11.0. The van der Waals surface area contributed by atoms with Gasteiger partial charge in [-0.2, -0.15) is 5.10 Å². The number of ketones is 1. The van der Waals surface area contributed by atoms with Crippen LogP contribution in [0.4, 0.5) is 5.69 Å². The minimum Gasteiger partial charge on any atom is -0.295 e. The largest absolute Gasteiger partial charge is 0.295 e. The molecular weight excluding hydrogens is 276 g/mol. The van der Waals surface area contributed by atoms with E-state index < -0.39 is 0 Å². The number of carbonyl (C=O) groups excluding carboxylic acids is 1. The van der Waals surface area contributed by atoms with Gasteiger partial charge in [0.1, 0.15) is 0 Å². The third-order valence-electron chi connectivity index (χ3n) is 3.07. The van der Waals surface area contributed by atoms with Crippen LogP contribution in [-0.2, 0) is 0 Å². The third kappa shape index (κ3) is 2.07. The Morgan fingerprint density at radius 1 is 1.26 bits per heavy atom. The van der Waals surface area contributed by atoms with Crippen LogP contribution in [0.1, 0.15) is 31.1 Å². The molecule has 19 heavy (non-hydrogen) atoms. The number of Topliss-reactive ketones (excluding diaryl/α,β-unsaturated/α-hetero) is 1. The summed E-state index contributed by atoms with van der Waals surface area (Å²) in [6.07, 6.45) is 0. The van der Waals surface area contributed by atoms with Crippen molar-refractivity contribution in [3.63, 3.8) is 0 Å². The SMILES string of the molecule is CC(=O)c1ccc(N2N=C(C)C3=S2SC=C3C)cc1. The van der Waals surface area contributed by atoms with Crippen LogP contribution in [0.2, 0.25) is 0 Å². The van der Waals surface area contributed by atoms with Gasteiger partial charge in [0.05, 0.1) is 16.3 Å². The van der Waals surface area contributed by atoms with Crippen LogP contribution in [-0.4, -0.2) is 16.4 Å². The van der Waals surface area contributed by atoms with Gasteiger partial charge in [-0.1, -0.05) is 0 Å². The van der Waals surface area contributed by atoms with E-state index in [4.69, 9.17) is 0 Å². The number of hydrazone groups is 1. The summed E-state index contributed by atoms with van der Waals surface area (Å²) >= 11 is 0. The highest BCUT2D eigenvalue weighted by Crippen LogP contribution is 2.49. The summed E-state index contributed by atoms with van der Waals surface area (Å²) < 4.78 is 2.06. The van der Waals surface area contributed by atoms with Gasteiger partial charge < -0.3 is 0 Å². The second-order valence-electron chi connectivity index (χ2n) is 4.54. The molecule has 0 saturated heterocycles. The van der Waals surface area contributed by atoms with Crippen molar-refractivity contribution in [1.29, 1.82) is 0 Å². The molecular formula is C14H14N2OS2. The third-order valence-corrected chi connectivity index (χ3v) is 7.03. The summed E-state index contributed by atoms with van der Waals surface area (Å²) in [5, 5.41) is 6.85. The first-order valence-electron chi connectivity index (χ1n) is 6.00. The van der Waals surface area contributed by atoms with Crippen LogP contribution in [0.3, 0.4) is 0 Å². The molecule has 5 heteroatoms. The van der Waals surface area contributed by atoms with E-state index in [1.54, 1.807) is 6.92 Å². The van der Waals surface area contributed by atoms with Crippen molar-refractivity contribution in [1.82, 2.24) is 0 Å². The van der Waals surface area contributed by atoms with Crippen LogP contribution >= 0.6 is 20.5 Å². The van der Waals surface area contributed by atoms with Crippen LogP contribution in [0.15, 0.2) is 40.3 Å². The van der Waals surface area contributed by atoms with Crippen LogP contribution in [0.5, 0.6) is 0 Å². The number of hydrogen-bond acceptors (Lipinski definition) is 4. The normalized spacial score (nSPS) is 21.3. The van der Waals surface area contributed by atoms with Crippen molar-refractivity contribution in [2.45, 2.75) is 20.8 Å². The van der Waals surface area contributed by atoms with E-state index in [-0.39, 0.29) is 15.5 Å². The zero-order chi connectivity index (χ0) is 13.6. The van der Waals surface area contributed by atoms with Gasteiger partial charge in [0, 0.05) is 15.3 Å². The van der Waals surface area contributed by atoms with Crippen molar-refractivity contribution in [3.05, 3.63) is 40.8 Å². The Morgan fingerprint density at radius 3 is 2.58 bits per heavy atom. The minimum atomic E-state index is -0.0487. The molecule has 0 spiro atoms. The first-order chi connectivity index (χ1) is 9.08. The predicted molar refractivity (Wildman–Crippen MR) is 86.0 cm³/mol. The molecule has 0 aromatic heterocycles. The molecule has 2 heterocycles. The zero-order valence-corrected chi connectivity index (χ0v) is 12.6. The van der Waals surface area contributed by atoms with Crippen molar-refractivity contribution in [3.8, 4) is 0 Å². The Morgan fingerprint density at radius 2 is 1.95 bits per heavy atom. The van der Waals surface area contributed by atoms with Crippen LogP contribution in [0, 0.1) is 0 Å². The highest BCUT2D eigenvalue weighted by atomic mass is 33.1. The first kappa shape index (κ1) is 12.7. The van der Waals surface area contributed by atoms with Gasteiger partial charge in [-0.3, -0.25) is 4.79 Å². The molecule has 1 aromatic carbocycles. The molecule has 98 valence electrons. The number of allylic oxidation sites excluding steroid dienone is 1. The molecule has 2 aliphatic heterocycles. The highest BCUT2D eigenvalue weighted by Gasteiger charge is 2.28. The fraction of sp³-hybridized carbons (Fsp3) is 0.214. The number of anilines is 1. The quantitative estimate of drug-likeness (QED) is 0.469. The van der Waals surface area contributed by atoms with Crippen molar-refractivity contribution < 1.29 is 4.79 Å². The lowest BCUT2D eigenvalue weighted by Crippen LogP contribution is -2.05. The maximum Gasteiger partial charge on any atom is 0.159 e. The molecule has 0 aliphatic carbocycles. The lowest BCUT2D eigenvalue weighted by atomic mass is 10.1. The minimum absolute atomic E-state index is 0.0487. The molecule has 0 bridgehead atoms. The van der Waals surface area contributed by atoms with Crippen molar-refractivity contribution in [2.75, 3.05) is 4.41 Å². The molecule has 0 radical (unpaired) electrons. The Hall–Kier alpha value is -1.33. The number of benzene rings is 1. The van der Waals surface area contributed by atoms with E-state index in [9.17, 15) is 4.79 Å². The fourth-order valence-electron chi connectivity index (χ4n) is 2.09. The van der Waals surface area contributed by atoms with Crippen LogP contribution in [0.25, 0.3) is 0 Å². The number of hydrogen-bond donors (Lipinski definition) is 0. The number of carbonyl (C=O) groups is 1. The fourth-order valence-corrected chi connectivity index (χ4v) is 6.36. The van der Waals surface area contributed by atoms with E-state index in [1.807, 2.05) is 35.1 Å². The second kappa shape index (κ2) is 4.65. The van der Waals surface area contributed by atoms with Gasteiger partial charge in [-0.25, -0.2) is 4.41 Å².